The van der Waals surface area contributed by atoms with E-state index in [0.29, 0.717) is 30.8 Å². The van der Waals surface area contributed by atoms with Crippen LogP contribution in [0.1, 0.15) is 35.7 Å². The van der Waals surface area contributed by atoms with E-state index in [9.17, 15) is 9.59 Å². The Kier molecular flexibility index (Phi) is 8.16. The van der Waals surface area contributed by atoms with Crippen LogP contribution >= 0.6 is 0 Å². The van der Waals surface area contributed by atoms with Gasteiger partial charge in [0.1, 0.15) is 5.75 Å². The largest absolute Gasteiger partial charge is 0.496 e. The maximum Gasteiger partial charge on any atom is 0.340 e. The van der Waals surface area contributed by atoms with E-state index >= 15 is 0 Å². The number of hydrogen-bond acceptors (Lipinski definition) is 4. The van der Waals surface area contributed by atoms with Crippen molar-refractivity contribution < 1.29 is 19.1 Å². The molecule has 0 aromatic heterocycles. The van der Waals surface area contributed by atoms with Crippen LogP contribution in [0.3, 0.4) is 0 Å². The second-order valence-electron chi connectivity index (χ2n) is 5.98. The Bertz CT molecular complexity index is 761. The van der Waals surface area contributed by atoms with Gasteiger partial charge in [-0.15, -0.1) is 0 Å². The summed E-state index contributed by atoms with van der Waals surface area (Å²) in [7, 11) is 1.62. The number of anilines is 1. The molecule has 0 aliphatic rings. The molecule has 2 N–H and O–H groups in total. The topological polar surface area (TPSA) is 76.7 Å². The SMILES string of the molecule is CCCCOC(=O)c1ccccc1NC(=O)NCCc1ccccc1OC. The number of amides is 2. The van der Waals surface area contributed by atoms with Crippen molar-refractivity contribution in [2.75, 3.05) is 25.6 Å². The van der Waals surface area contributed by atoms with Gasteiger partial charge in [-0.3, -0.25) is 0 Å². The van der Waals surface area contributed by atoms with Crippen molar-refractivity contribution in [1.82, 2.24) is 5.32 Å². The van der Waals surface area contributed by atoms with Gasteiger partial charge in [0.05, 0.1) is 25.0 Å². The van der Waals surface area contributed by atoms with Crippen LogP contribution in [0, 0.1) is 0 Å². The Balaban J connectivity index is 1.89. The maximum atomic E-state index is 12.2. The third-order valence-corrected chi connectivity index (χ3v) is 4.00. The molecular weight excluding hydrogens is 344 g/mol. The summed E-state index contributed by atoms with van der Waals surface area (Å²) in [6.07, 6.45) is 2.39. The molecule has 0 fully saturated rings. The molecule has 0 saturated heterocycles. The third-order valence-electron chi connectivity index (χ3n) is 4.00. The lowest BCUT2D eigenvalue weighted by molar-refractivity contribution is 0.0501. The molecule has 2 rings (SSSR count). The average Bonchev–Trinajstić information content (AvgIpc) is 2.69. The molecule has 27 heavy (non-hydrogen) atoms. The van der Waals surface area contributed by atoms with Crippen LogP contribution in [0.4, 0.5) is 10.5 Å². The van der Waals surface area contributed by atoms with Gasteiger partial charge < -0.3 is 20.1 Å². The summed E-state index contributed by atoms with van der Waals surface area (Å²) in [6, 6.07) is 14.1. The van der Waals surface area contributed by atoms with Gasteiger partial charge in [0.25, 0.3) is 0 Å². The zero-order valence-electron chi connectivity index (χ0n) is 15.8. The first-order valence-electron chi connectivity index (χ1n) is 9.08. The molecule has 0 bridgehead atoms. The first kappa shape index (κ1) is 20.3. The van der Waals surface area contributed by atoms with Gasteiger partial charge in [-0.2, -0.15) is 0 Å². The quantitative estimate of drug-likeness (QED) is 0.516. The number of urea groups is 1. The van der Waals surface area contributed by atoms with E-state index in [-0.39, 0.29) is 6.03 Å². The van der Waals surface area contributed by atoms with Crippen LogP contribution in [0.15, 0.2) is 48.5 Å². The maximum absolute atomic E-state index is 12.2. The van der Waals surface area contributed by atoms with Crippen molar-refractivity contribution in [2.45, 2.75) is 26.2 Å². The molecule has 0 radical (unpaired) electrons. The summed E-state index contributed by atoms with van der Waals surface area (Å²) in [4.78, 5) is 24.4. The first-order chi connectivity index (χ1) is 13.2. The Morgan fingerprint density at radius 1 is 1.04 bits per heavy atom. The number of ether oxygens (including phenoxy) is 2. The van der Waals surface area contributed by atoms with E-state index in [2.05, 4.69) is 10.6 Å². The number of benzene rings is 2. The molecule has 0 heterocycles. The fourth-order valence-electron chi connectivity index (χ4n) is 2.54. The van der Waals surface area contributed by atoms with Crippen LogP contribution < -0.4 is 15.4 Å². The van der Waals surface area contributed by atoms with E-state index in [1.807, 2.05) is 31.2 Å². The van der Waals surface area contributed by atoms with Crippen LogP contribution in [0.2, 0.25) is 0 Å². The van der Waals surface area contributed by atoms with Crippen molar-refractivity contribution in [1.29, 1.82) is 0 Å². The predicted octanol–water partition coefficient (Wildman–Crippen LogP) is 4.02. The monoisotopic (exact) mass is 370 g/mol. The van der Waals surface area contributed by atoms with Crippen LogP contribution in [-0.2, 0) is 11.2 Å². The van der Waals surface area contributed by atoms with Gasteiger partial charge in [-0.05, 0) is 36.6 Å². The third kappa shape index (κ3) is 6.33. The number of carbonyl (C=O) groups excluding carboxylic acids is 2. The summed E-state index contributed by atoms with van der Waals surface area (Å²) in [6.45, 7) is 2.84. The highest BCUT2D eigenvalue weighted by Gasteiger charge is 2.14. The Morgan fingerprint density at radius 2 is 1.78 bits per heavy atom. The molecule has 0 aliphatic heterocycles. The minimum Gasteiger partial charge on any atom is -0.496 e. The first-order valence-corrected chi connectivity index (χ1v) is 9.08. The van der Waals surface area contributed by atoms with Crippen molar-refractivity contribution >= 4 is 17.7 Å². The molecule has 0 spiro atoms. The number of methoxy groups -OCH3 is 1. The number of esters is 1. The van der Waals surface area contributed by atoms with Gasteiger partial charge in [0.2, 0.25) is 0 Å². The summed E-state index contributed by atoms with van der Waals surface area (Å²) in [5, 5.41) is 5.51. The zero-order chi connectivity index (χ0) is 19.5. The molecular formula is C21H26N2O4. The lowest BCUT2D eigenvalue weighted by atomic mass is 10.1. The highest BCUT2D eigenvalue weighted by molar-refractivity contribution is 6.00. The molecule has 0 atom stereocenters. The summed E-state index contributed by atoms with van der Waals surface area (Å²) >= 11 is 0. The van der Waals surface area contributed by atoms with E-state index in [1.54, 1.807) is 31.4 Å². The molecule has 0 saturated carbocycles. The standard InChI is InChI=1S/C21H26N2O4/c1-3-4-15-27-20(24)17-10-6-7-11-18(17)23-21(25)22-14-13-16-9-5-8-12-19(16)26-2/h5-12H,3-4,13-15H2,1-2H3,(H2,22,23,25). The van der Waals surface area contributed by atoms with Crippen molar-refractivity contribution in [3.05, 3.63) is 59.7 Å². The second-order valence-corrected chi connectivity index (χ2v) is 5.98. The normalized spacial score (nSPS) is 10.1. The predicted molar refractivity (Wildman–Crippen MR) is 105 cm³/mol. The molecule has 144 valence electrons. The Labute approximate surface area is 159 Å². The molecule has 6 nitrogen and oxygen atoms in total. The highest BCUT2D eigenvalue weighted by atomic mass is 16.5. The number of unbranched alkanes of at least 4 members (excludes halogenated alkanes) is 1. The van der Waals surface area contributed by atoms with E-state index < -0.39 is 5.97 Å². The molecule has 0 aliphatic carbocycles. The summed E-state index contributed by atoms with van der Waals surface area (Å²) in [5.74, 6) is 0.355. The van der Waals surface area contributed by atoms with Crippen LogP contribution in [0.5, 0.6) is 5.75 Å². The van der Waals surface area contributed by atoms with Gasteiger partial charge in [0.15, 0.2) is 0 Å². The highest BCUT2D eigenvalue weighted by Crippen LogP contribution is 2.18. The van der Waals surface area contributed by atoms with E-state index in [0.717, 1.165) is 24.2 Å². The molecule has 2 aromatic rings. The van der Waals surface area contributed by atoms with Crippen LogP contribution in [0.25, 0.3) is 0 Å². The zero-order valence-corrected chi connectivity index (χ0v) is 15.8. The van der Waals surface area contributed by atoms with Gasteiger partial charge in [0, 0.05) is 6.54 Å². The molecule has 6 heteroatoms. The number of carbonyl (C=O) groups is 2. The Morgan fingerprint density at radius 3 is 2.56 bits per heavy atom. The minimum absolute atomic E-state index is 0.341. The van der Waals surface area contributed by atoms with Gasteiger partial charge >= 0.3 is 12.0 Å². The van der Waals surface area contributed by atoms with Crippen LogP contribution in [-0.4, -0.2) is 32.3 Å². The number of hydrogen-bond donors (Lipinski definition) is 2. The van der Waals surface area contributed by atoms with Gasteiger partial charge in [-0.1, -0.05) is 43.7 Å². The second kappa shape index (κ2) is 10.9. The van der Waals surface area contributed by atoms with Crippen molar-refractivity contribution in [2.24, 2.45) is 0 Å². The lowest BCUT2D eigenvalue weighted by Crippen LogP contribution is -2.31. The van der Waals surface area contributed by atoms with Crippen molar-refractivity contribution in [3.8, 4) is 5.75 Å². The number of rotatable bonds is 9. The average molecular weight is 370 g/mol. The van der Waals surface area contributed by atoms with Crippen molar-refractivity contribution in [3.63, 3.8) is 0 Å². The minimum atomic E-state index is -0.437. The Hall–Kier alpha value is -3.02. The number of nitrogens with one attached hydrogen (secondary N) is 2. The van der Waals surface area contributed by atoms with E-state index in [4.69, 9.17) is 9.47 Å². The fourth-order valence-corrected chi connectivity index (χ4v) is 2.54. The van der Waals surface area contributed by atoms with Gasteiger partial charge in [-0.25, -0.2) is 9.59 Å². The smallest absolute Gasteiger partial charge is 0.340 e. The molecule has 0 unspecified atom stereocenters. The molecule has 2 aromatic carbocycles. The summed E-state index contributed by atoms with van der Waals surface area (Å²) < 4.78 is 10.5. The lowest BCUT2D eigenvalue weighted by Gasteiger charge is -2.12. The van der Waals surface area contributed by atoms with E-state index in [1.165, 1.54) is 0 Å². The molecule has 2 amide bonds. The fraction of sp³-hybridized carbons (Fsp3) is 0.333. The summed E-state index contributed by atoms with van der Waals surface area (Å²) in [5.41, 5.74) is 1.78. The number of para-hydroxylation sites is 2.